The van der Waals surface area contributed by atoms with Crippen molar-refractivity contribution in [3.8, 4) is 21.3 Å². The van der Waals surface area contributed by atoms with Crippen LogP contribution in [-0.2, 0) is 0 Å². The third-order valence-corrected chi connectivity index (χ3v) is 11.5. The van der Waals surface area contributed by atoms with Crippen molar-refractivity contribution in [1.29, 1.82) is 0 Å². The third kappa shape index (κ3) is 6.15. The molecule has 2 fully saturated rings. The summed E-state index contributed by atoms with van der Waals surface area (Å²) in [4.78, 5) is 28.8. The van der Waals surface area contributed by atoms with Gasteiger partial charge in [0.05, 0.1) is 15.1 Å². The Morgan fingerprint density at radius 3 is 1.76 bits per heavy atom. The maximum absolute atomic E-state index is 13.3. The molecule has 0 amide bonds. The van der Waals surface area contributed by atoms with E-state index in [1.54, 1.807) is 22.7 Å². The minimum absolute atomic E-state index is 0.568. The molecule has 0 bridgehead atoms. The van der Waals surface area contributed by atoms with Gasteiger partial charge in [-0.05, 0) is 67.5 Å². The monoisotopic (exact) mass is 705 g/mol. The van der Waals surface area contributed by atoms with E-state index in [2.05, 4.69) is 66.1 Å². The van der Waals surface area contributed by atoms with Crippen molar-refractivity contribution >= 4 is 66.2 Å². The number of thiazole rings is 1. The molecule has 13 heteroatoms. The third-order valence-electron chi connectivity index (χ3n) is 9.31. The average molecular weight is 706 g/mol. The van der Waals surface area contributed by atoms with E-state index >= 15 is 0 Å². The molecule has 252 valence electrons. The molecule has 2 aliphatic rings. The van der Waals surface area contributed by atoms with Gasteiger partial charge >= 0.3 is 0 Å². The molecule has 0 spiro atoms. The van der Waals surface area contributed by atoms with Crippen LogP contribution in [0.5, 0.6) is 0 Å². The van der Waals surface area contributed by atoms with E-state index in [0.29, 0.717) is 63.4 Å². The quantitative estimate of drug-likeness (QED) is 0.182. The highest BCUT2D eigenvalue weighted by atomic mass is 32.1. The van der Waals surface area contributed by atoms with Gasteiger partial charge in [-0.15, -0.1) is 22.7 Å². The second kappa shape index (κ2) is 13.0. The van der Waals surface area contributed by atoms with Crippen molar-refractivity contribution in [3.05, 3.63) is 91.5 Å². The number of benzene rings is 2. The lowest BCUT2D eigenvalue weighted by molar-refractivity contribution is 0.276. The second-order valence-electron chi connectivity index (χ2n) is 12.7. The van der Waals surface area contributed by atoms with Crippen molar-refractivity contribution in [3.63, 3.8) is 0 Å². The van der Waals surface area contributed by atoms with Crippen molar-refractivity contribution in [2.75, 3.05) is 36.0 Å². The second-order valence-corrected chi connectivity index (χ2v) is 14.8. The zero-order chi connectivity index (χ0) is 33.6. The van der Waals surface area contributed by atoms with Crippen LogP contribution in [0.15, 0.2) is 91.5 Å². The number of rotatable bonds is 4. The van der Waals surface area contributed by atoms with Gasteiger partial charge < -0.3 is 9.80 Å². The molecule has 6 aromatic heterocycles. The van der Waals surface area contributed by atoms with Crippen LogP contribution in [0.2, 0.25) is 0 Å². The van der Waals surface area contributed by atoms with Crippen molar-refractivity contribution in [2.24, 2.45) is 0 Å². The summed E-state index contributed by atoms with van der Waals surface area (Å²) >= 11 is 3.37. The largest absolute Gasteiger partial charge is 0.356 e. The number of alkyl halides is 2. The number of hydrogen-bond acceptors (Lipinski definition) is 9. The fourth-order valence-corrected chi connectivity index (χ4v) is 8.48. The highest BCUT2D eigenvalue weighted by molar-refractivity contribution is 7.22. The molecule has 2 saturated heterocycles. The zero-order valence-corrected chi connectivity index (χ0v) is 28.7. The maximum Gasteiger partial charge on any atom is 0.236 e. The summed E-state index contributed by atoms with van der Waals surface area (Å²) in [5.74, 6) is 3.08. The highest BCUT2D eigenvalue weighted by Gasteiger charge is 2.21. The van der Waals surface area contributed by atoms with Gasteiger partial charge in [-0.25, -0.2) is 23.7 Å². The van der Waals surface area contributed by atoms with E-state index in [1.807, 2.05) is 63.9 Å². The maximum atomic E-state index is 13.3. The molecule has 0 N–H and O–H groups in total. The SMILES string of the molecule is FC1CCN(c2ccn3cc(-c4cc5ccccc5s4)nc3n2)CC1.FC1CCN(c2ccn3cc(-c4nc5ccccc5s4)nc3n2)CC1. The van der Waals surface area contributed by atoms with E-state index in [9.17, 15) is 8.78 Å². The fourth-order valence-electron chi connectivity index (χ4n) is 6.54. The van der Waals surface area contributed by atoms with E-state index in [1.165, 1.54) is 10.1 Å². The Morgan fingerprint density at radius 2 is 1.14 bits per heavy atom. The smallest absolute Gasteiger partial charge is 0.236 e. The fraction of sp³-hybridized carbons (Fsp3) is 0.270. The highest BCUT2D eigenvalue weighted by Crippen LogP contribution is 2.33. The first-order valence-corrected chi connectivity index (χ1v) is 18.5. The van der Waals surface area contributed by atoms with Crippen LogP contribution in [0, 0.1) is 0 Å². The molecule has 0 aliphatic carbocycles. The average Bonchev–Trinajstić information content (AvgIpc) is 3.95. The lowest BCUT2D eigenvalue weighted by Crippen LogP contribution is -2.34. The zero-order valence-electron chi connectivity index (χ0n) is 27.1. The molecule has 8 heterocycles. The Bertz CT molecular complexity index is 2200. The van der Waals surface area contributed by atoms with Crippen LogP contribution in [0.1, 0.15) is 25.7 Å². The number of nitrogens with zero attached hydrogens (tertiary/aromatic N) is 9. The Morgan fingerprint density at radius 1 is 0.580 bits per heavy atom. The molecule has 0 unspecified atom stereocenters. The molecule has 10 rings (SSSR count). The number of halogens is 2. The summed E-state index contributed by atoms with van der Waals surface area (Å²) in [7, 11) is 0. The number of aromatic nitrogens is 7. The number of imidazole rings is 2. The normalized spacial score (nSPS) is 16.1. The van der Waals surface area contributed by atoms with Gasteiger partial charge in [0.1, 0.15) is 40.4 Å². The van der Waals surface area contributed by atoms with Gasteiger partial charge in [-0.1, -0.05) is 30.3 Å². The summed E-state index contributed by atoms with van der Waals surface area (Å²) < 4.78 is 32.9. The predicted molar refractivity (Wildman–Crippen MR) is 198 cm³/mol. The number of para-hydroxylation sites is 1. The molecule has 2 aliphatic heterocycles. The number of piperidine rings is 2. The Kier molecular flexibility index (Phi) is 8.08. The minimum Gasteiger partial charge on any atom is -0.356 e. The van der Waals surface area contributed by atoms with Gasteiger partial charge in [0.15, 0.2) is 0 Å². The molecular formula is C37H33F2N9S2. The molecule has 0 radical (unpaired) electrons. The van der Waals surface area contributed by atoms with Gasteiger partial charge in [0, 0.05) is 55.7 Å². The van der Waals surface area contributed by atoms with E-state index in [4.69, 9.17) is 4.98 Å². The first kappa shape index (κ1) is 31.0. The van der Waals surface area contributed by atoms with Crippen LogP contribution >= 0.6 is 22.7 Å². The standard InChI is InChI=1S/C19H17FN4S.C18H16FN5S/c20-14-5-8-23(9-6-14)18-7-10-24-12-15(21-19(24)22-18)17-11-13-3-1-2-4-16(13)25-17;19-12-5-8-23(9-6-12)16-7-10-24-11-14(21-18(24)22-16)17-20-13-3-1-2-4-15(13)25-17/h1-4,7,10-12,14H,5-6,8-9H2;1-4,7,10-12H,5-6,8-9H2. The van der Waals surface area contributed by atoms with Gasteiger partial charge in [-0.2, -0.15) is 9.97 Å². The Labute approximate surface area is 294 Å². The molecule has 0 saturated carbocycles. The van der Waals surface area contributed by atoms with Crippen LogP contribution in [-0.4, -0.2) is 72.2 Å². The van der Waals surface area contributed by atoms with Gasteiger partial charge in [0.2, 0.25) is 11.6 Å². The molecule has 50 heavy (non-hydrogen) atoms. The minimum atomic E-state index is -0.683. The van der Waals surface area contributed by atoms with Crippen molar-refractivity contribution in [2.45, 2.75) is 38.0 Å². The first-order chi connectivity index (χ1) is 24.5. The Balaban J connectivity index is 0.000000135. The van der Waals surface area contributed by atoms with E-state index in [0.717, 1.165) is 43.1 Å². The van der Waals surface area contributed by atoms with Gasteiger partial charge in [-0.3, -0.25) is 8.80 Å². The summed E-state index contributed by atoms with van der Waals surface area (Å²) in [5, 5.41) is 2.13. The lowest BCUT2D eigenvalue weighted by Gasteiger charge is -2.29. The summed E-state index contributed by atoms with van der Waals surface area (Å²) in [6.07, 6.45) is 8.86. The van der Waals surface area contributed by atoms with Crippen molar-refractivity contribution in [1.82, 2.24) is 33.7 Å². The molecule has 0 atom stereocenters. The van der Waals surface area contributed by atoms with Gasteiger partial charge in [0.25, 0.3) is 0 Å². The molecule has 9 nitrogen and oxygen atoms in total. The summed E-state index contributed by atoms with van der Waals surface area (Å²) in [6.45, 7) is 2.84. The molecule has 2 aromatic carbocycles. The summed E-state index contributed by atoms with van der Waals surface area (Å²) in [5.41, 5.74) is 2.75. The summed E-state index contributed by atoms with van der Waals surface area (Å²) in [6, 6.07) is 22.6. The van der Waals surface area contributed by atoms with Crippen molar-refractivity contribution < 1.29 is 8.78 Å². The Hall–Kier alpha value is -5.01. The lowest BCUT2D eigenvalue weighted by atomic mass is 10.1. The topological polar surface area (TPSA) is 79.8 Å². The van der Waals surface area contributed by atoms with Crippen LogP contribution < -0.4 is 9.80 Å². The number of hydrogen-bond donors (Lipinski definition) is 0. The van der Waals surface area contributed by atoms with Crippen LogP contribution in [0.25, 0.3) is 53.1 Å². The number of anilines is 2. The van der Waals surface area contributed by atoms with E-state index in [-0.39, 0.29) is 0 Å². The number of thiophene rings is 1. The molecular weight excluding hydrogens is 673 g/mol. The predicted octanol–water partition coefficient (Wildman–Crippen LogP) is 8.49. The van der Waals surface area contributed by atoms with Crippen LogP contribution in [0.3, 0.4) is 0 Å². The number of fused-ring (bicyclic) bond motifs is 4. The van der Waals surface area contributed by atoms with E-state index < -0.39 is 12.3 Å². The van der Waals surface area contributed by atoms with Crippen LogP contribution in [0.4, 0.5) is 20.4 Å². The first-order valence-electron chi connectivity index (χ1n) is 16.9. The molecule has 8 aromatic rings.